The van der Waals surface area contributed by atoms with Gasteiger partial charge in [-0.25, -0.2) is 0 Å². The van der Waals surface area contributed by atoms with Gasteiger partial charge in [0.2, 0.25) is 11.8 Å². The number of nitrogens with one attached hydrogen (secondary N) is 3. The first-order valence-corrected chi connectivity index (χ1v) is 9.32. The molecule has 0 unspecified atom stereocenters. The summed E-state index contributed by atoms with van der Waals surface area (Å²) in [6.07, 6.45) is 0.476. The molecule has 0 saturated heterocycles. The van der Waals surface area contributed by atoms with E-state index in [1.807, 2.05) is 51.1 Å². The molecule has 0 aliphatic heterocycles. The molecule has 1 rings (SSSR count). The van der Waals surface area contributed by atoms with Crippen LogP contribution in [0.1, 0.15) is 47.1 Å². The van der Waals surface area contributed by atoms with Crippen LogP contribution in [0.2, 0.25) is 0 Å². The lowest BCUT2D eigenvalue weighted by molar-refractivity contribution is -0.133. The molecule has 1 atom stereocenters. The first kappa shape index (κ1) is 22.2. The maximum absolute atomic E-state index is 12.6. The van der Waals surface area contributed by atoms with Crippen molar-refractivity contribution in [2.75, 3.05) is 19.6 Å². The van der Waals surface area contributed by atoms with Gasteiger partial charge in [0.1, 0.15) is 6.04 Å². The quantitative estimate of drug-likeness (QED) is 0.623. The van der Waals surface area contributed by atoms with Crippen molar-refractivity contribution < 1.29 is 9.59 Å². The molecule has 0 fully saturated rings. The molecule has 5 heteroatoms. The lowest BCUT2D eigenvalue weighted by Gasteiger charge is -2.24. The number of amides is 2. The van der Waals surface area contributed by atoms with Gasteiger partial charge in [0.05, 0.1) is 0 Å². The fraction of sp³-hybridized carbons (Fsp3) is 0.619. The molecule has 2 amide bonds. The van der Waals surface area contributed by atoms with Crippen LogP contribution >= 0.6 is 0 Å². The Labute approximate surface area is 158 Å². The van der Waals surface area contributed by atoms with Gasteiger partial charge in [0.15, 0.2) is 0 Å². The Morgan fingerprint density at radius 1 is 0.962 bits per heavy atom. The Morgan fingerprint density at radius 3 is 2.12 bits per heavy atom. The maximum atomic E-state index is 12.6. The summed E-state index contributed by atoms with van der Waals surface area (Å²) >= 11 is 0. The number of carbonyl (C=O) groups is 2. The molecule has 0 aliphatic rings. The van der Waals surface area contributed by atoms with Gasteiger partial charge >= 0.3 is 0 Å². The number of hydrogen-bond acceptors (Lipinski definition) is 3. The summed E-state index contributed by atoms with van der Waals surface area (Å²) in [5, 5.41) is 9.16. The van der Waals surface area contributed by atoms with Crippen LogP contribution in [0.5, 0.6) is 0 Å². The fourth-order valence-electron chi connectivity index (χ4n) is 2.29. The standard InChI is InChI=1S/C21H35N3O2/c1-20(2,3)15-22-12-13-23-18(25)17(24-19(26)21(4,5)6)14-16-10-8-7-9-11-16/h7-11,17,22H,12-15H2,1-6H3,(H,23,25)(H,24,26)/t17-/m0/s1. The Bertz CT molecular complexity index is 571. The molecule has 0 spiro atoms. The first-order chi connectivity index (χ1) is 12.0. The Morgan fingerprint density at radius 2 is 1.58 bits per heavy atom. The number of carbonyl (C=O) groups excluding carboxylic acids is 2. The van der Waals surface area contributed by atoms with Crippen molar-refractivity contribution in [1.82, 2.24) is 16.0 Å². The zero-order chi connectivity index (χ0) is 19.8. The largest absolute Gasteiger partial charge is 0.353 e. The van der Waals surface area contributed by atoms with Gasteiger partial charge in [-0.1, -0.05) is 71.9 Å². The van der Waals surface area contributed by atoms with Crippen LogP contribution in [0.15, 0.2) is 30.3 Å². The summed E-state index contributed by atoms with van der Waals surface area (Å²) in [5.74, 6) is -0.275. The topological polar surface area (TPSA) is 70.2 Å². The maximum Gasteiger partial charge on any atom is 0.242 e. The zero-order valence-electron chi connectivity index (χ0n) is 17.1. The Hall–Kier alpha value is -1.88. The summed E-state index contributed by atoms with van der Waals surface area (Å²) in [6, 6.07) is 9.17. The highest BCUT2D eigenvalue weighted by Gasteiger charge is 2.27. The third kappa shape index (κ3) is 8.99. The second-order valence-corrected chi connectivity index (χ2v) is 8.99. The van der Waals surface area contributed by atoms with E-state index in [1.165, 1.54) is 0 Å². The van der Waals surface area contributed by atoms with Gasteiger partial charge in [-0.3, -0.25) is 9.59 Å². The average Bonchev–Trinajstić information content (AvgIpc) is 2.52. The van der Waals surface area contributed by atoms with Crippen LogP contribution in [0.3, 0.4) is 0 Å². The van der Waals surface area contributed by atoms with E-state index in [-0.39, 0.29) is 17.2 Å². The molecular formula is C21H35N3O2. The van der Waals surface area contributed by atoms with Gasteiger partial charge in [0.25, 0.3) is 0 Å². The number of benzene rings is 1. The molecule has 26 heavy (non-hydrogen) atoms. The minimum Gasteiger partial charge on any atom is -0.353 e. The van der Waals surface area contributed by atoms with Crippen molar-refractivity contribution in [3.63, 3.8) is 0 Å². The summed E-state index contributed by atoms with van der Waals surface area (Å²) in [7, 11) is 0. The molecule has 146 valence electrons. The third-order valence-electron chi connectivity index (χ3n) is 3.84. The Balaban J connectivity index is 2.62. The van der Waals surface area contributed by atoms with Crippen LogP contribution in [-0.2, 0) is 16.0 Å². The van der Waals surface area contributed by atoms with Crippen LogP contribution < -0.4 is 16.0 Å². The van der Waals surface area contributed by atoms with Gasteiger partial charge in [-0.15, -0.1) is 0 Å². The van der Waals surface area contributed by atoms with Crippen LogP contribution in [-0.4, -0.2) is 37.5 Å². The predicted molar refractivity (Wildman–Crippen MR) is 107 cm³/mol. The smallest absolute Gasteiger partial charge is 0.242 e. The minimum absolute atomic E-state index is 0.126. The van der Waals surface area contributed by atoms with Crippen LogP contribution in [0.4, 0.5) is 0 Å². The second-order valence-electron chi connectivity index (χ2n) is 8.99. The Kier molecular flexibility index (Phi) is 8.28. The number of hydrogen-bond donors (Lipinski definition) is 3. The summed E-state index contributed by atoms with van der Waals surface area (Å²) in [6.45, 7) is 14.1. The lowest BCUT2D eigenvalue weighted by Crippen LogP contribution is -2.51. The highest BCUT2D eigenvalue weighted by Crippen LogP contribution is 2.14. The van der Waals surface area contributed by atoms with Crippen LogP contribution in [0.25, 0.3) is 0 Å². The van der Waals surface area contributed by atoms with E-state index in [1.54, 1.807) is 0 Å². The fourth-order valence-corrected chi connectivity index (χ4v) is 2.29. The van der Waals surface area contributed by atoms with Gasteiger partial charge in [0, 0.05) is 31.5 Å². The molecule has 1 aromatic rings. The van der Waals surface area contributed by atoms with Gasteiger partial charge < -0.3 is 16.0 Å². The molecule has 0 saturated carbocycles. The molecule has 5 nitrogen and oxygen atoms in total. The second kappa shape index (κ2) is 9.72. The highest BCUT2D eigenvalue weighted by molar-refractivity contribution is 5.89. The van der Waals surface area contributed by atoms with E-state index in [4.69, 9.17) is 0 Å². The molecule has 0 aliphatic carbocycles. The van der Waals surface area contributed by atoms with Crippen molar-refractivity contribution in [1.29, 1.82) is 0 Å². The molecule has 0 radical (unpaired) electrons. The van der Waals surface area contributed by atoms with Crippen molar-refractivity contribution in [2.24, 2.45) is 10.8 Å². The van der Waals surface area contributed by atoms with Gasteiger partial charge in [-0.2, -0.15) is 0 Å². The van der Waals surface area contributed by atoms with Crippen molar-refractivity contribution >= 4 is 11.8 Å². The van der Waals surface area contributed by atoms with E-state index >= 15 is 0 Å². The first-order valence-electron chi connectivity index (χ1n) is 9.32. The zero-order valence-corrected chi connectivity index (χ0v) is 17.1. The third-order valence-corrected chi connectivity index (χ3v) is 3.84. The van der Waals surface area contributed by atoms with E-state index in [0.29, 0.717) is 19.5 Å². The minimum atomic E-state index is -0.577. The van der Waals surface area contributed by atoms with E-state index < -0.39 is 11.5 Å². The van der Waals surface area contributed by atoms with Crippen LogP contribution in [0, 0.1) is 10.8 Å². The normalized spacial score (nSPS) is 13.2. The molecule has 3 N–H and O–H groups in total. The summed E-state index contributed by atoms with van der Waals surface area (Å²) in [4.78, 5) is 25.0. The van der Waals surface area contributed by atoms with Gasteiger partial charge in [-0.05, 0) is 11.0 Å². The lowest BCUT2D eigenvalue weighted by atomic mass is 9.94. The molecule has 1 aromatic carbocycles. The number of rotatable bonds is 8. The molecular weight excluding hydrogens is 326 g/mol. The van der Waals surface area contributed by atoms with Crippen molar-refractivity contribution in [3.8, 4) is 0 Å². The van der Waals surface area contributed by atoms with E-state index in [0.717, 1.165) is 12.1 Å². The average molecular weight is 362 g/mol. The van der Waals surface area contributed by atoms with Crippen molar-refractivity contribution in [3.05, 3.63) is 35.9 Å². The van der Waals surface area contributed by atoms with E-state index in [2.05, 4.69) is 36.7 Å². The van der Waals surface area contributed by atoms with E-state index in [9.17, 15) is 9.59 Å². The summed E-state index contributed by atoms with van der Waals surface area (Å²) in [5.41, 5.74) is 0.692. The molecule has 0 heterocycles. The predicted octanol–water partition coefficient (Wildman–Crippen LogP) is 2.51. The SMILES string of the molecule is CC(C)(C)CNCCNC(=O)[C@H](Cc1ccccc1)NC(=O)C(C)(C)C. The van der Waals surface area contributed by atoms with Crippen molar-refractivity contribution in [2.45, 2.75) is 54.0 Å². The monoisotopic (exact) mass is 361 g/mol. The highest BCUT2D eigenvalue weighted by atomic mass is 16.2. The molecule has 0 aromatic heterocycles. The molecule has 0 bridgehead atoms. The summed E-state index contributed by atoms with van der Waals surface area (Å²) < 4.78 is 0.